The van der Waals surface area contributed by atoms with Gasteiger partial charge in [-0.1, -0.05) is 6.07 Å². The standard InChI is InChI=1S/C24H29N3O3S2/c1-30-19-5-6-20-21(16-19)27(22(29)17-25-20)10-3-7-24(18-28)8-11-26(12-9-24)13-15-32-23-4-2-14-31-23/h2,4-6,14,16-18H,3,7-13,15H2,1H3. The highest BCUT2D eigenvalue weighted by Gasteiger charge is 2.33. The Morgan fingerprint density at radius 2 is 2.09 bits per heavy atom. The fourth-order valence-electron chi connectivity index (χ4n) is 4.36. The number of methoxy groups -OCH3 is 1. The number of rotatable bonds is 10. The average Bonchev–Trinajstić information content (AvgIpc) is 3.35. The van der Waals surface area contributed by atoms with Crippen LogP contribution in [0.3, 0.4) is 0 Å². The first kappa shape index (κ1) is 23.0. The fraction of sp³-hybridized carbons (Fsp3) is 0.458. The molecule has 2 aromatic heterocycles. The topological polar surface area (TPSA) is 64.4 Å². The molecule has 3 aromatic rings. The second-order valence-corrected chi connectivity index (χ2v) is 10.7. The van der Waals surface area contributed by atoms with E-state index in [1.54, 1.807) is 23.0 Å². The minimum absolute atomic E-state index is 0.121. The van der Waals surface area contributed by atoms with Gasteiger partial charge in [0.2, 0.25) is 0 Å². The van der Waals surface area contributed by atoms with Crippen molar-refractivity contribution in [2.24, 2.45) is 5.41 Å². The molecule has 0 aliphatic carbocycles. The van der Waals surface area contributed by atoms with Crippen molar-refractivity contribution in [1.82, 2.24) is 14.5 Å². The van der Waals surface area contributed by atoms with E-state index >= 15 is 0 Å². The van der Waals surface area contributed by atoms with Crippen LogP contribution in [-0.2, 0) is 11.3 Å². The van der Waals surface area contributed by atoms with Crippen molar-refractivity contribution in [3.63, 3.8) is 0 Å². The van der Waals surface area contributed by atoms with Crippen molar-refractivity contribution in [2.45, 2.75) is 36.4 Å². The van der Waals surface area contributed by atoms with Crippen molar-refractivity contribution in [1.29, 1.82) is 0 Å². The molecular weight excluding hydrogens is 442 g/mol. The summed E-state index contributed by atoms with van der Waals surface area (Å²) < 4.78 is 8.43. The molecule has 0 N–H and O–H groups in total. The number of benzene rings is 1. The number of thiophene rings is 1. The minimum atomic E-state index is -0.276. The zero-order valence-corrected chi connectivity index (χ0v) is 20.0. The van der Waals surface area contributed by atoms with Crippen molar-refractivity contribution in [3.8, 4) is 5.75 Å². The van der Waals surface area contributed by atoms with Crippen LogP contribution in [0.2, 0.25) is 0 Å². The molecule has 0 saturated carbocycles. The third kappa shape index (κ3) is 5.42. The van der Waals surface area contributed by atoms with Gasteiger partial charge in [-0.05, 0) is 62.4 Å². The predicted octanol–water partition coefficient (Wildman–Crippen LogP) is 4.32. The maximum Gasteiger partial charge on any atom is 0.269 e. The summed E-state index contributed by atoms with van der Waals surface area (Å²) in [5, 5.41) is 2.11. The Hall–Kier alpha value is -2.16. The SMILES string of the molecule is COc1ccc2ncc(=O)n(CCCC3(C=O)CCN(CCSc4cccs4)CC3)c2c1. The van der Waals surface area contributed by atoms with Gasteiger partial charge in [0.05, 0.1) is 28.5 Å². The second-order valence-electron chi connectivity index (χ2n) is 8.31. The van der Waals surface area contributed by atoms with Crippen LogP contribution in [0.5, 0.6) is 5.75 Å². The quantitative estimate of drug-likeness (QED) is 0.324. The molecule has 170 valence electrons. The van der Waals surface area contributed by atoms with Gasteiger partial charge in [0.25, 0.3) is 5.56 Å². The van der Waals surface area contributed by atoms with Crippen LogP contribution >= 0.6 is 23.1 Å². The largest absolute Gasteiger partial charge is 0.497 e. The molecule has 3 heterocycles. The number of carbonyl (C=O) groups is 1. The highest BCUT2D eigenvalue weighted by Crippen LogP contribution is 2.35. The molecule has 4 rings (SSSR count). The van der Waals surface area contributed by atoms with Crippen LogP contribution in [0.1, 0.15) is 25.7 Å². The van der Waals surface area contributed by atoms with Gasteiger partial charge >= 0.3 is 0 Å². The van der Waals surface area contributed by atoms with Gasteiger partial charge in [-0.2, -0.15) is 0 Å². The van der Waals surface area contributed by atoms with E-state index in [4.69, 9.17) is 4.74 Å². The number of likely N-dealkylation sites (tertiary alicyclic amines) is 1. The Kier molecular flexibility index (Phi) is 7.65. The smallest absolute Gasteiger partial charge is 0.269 e. The second kappa shape index (κ2) is 10.6. The summed E-state index contributed by atoms with van der Waals surface area (Å²) in [6.45, 7) is 3.54. The van der Waals surface area contributed by atoms with Crippen molar-refractivity contribution >= 4 is 40.4 Å². The normalized spacial score (nSPS) is 16.3. The number of aldehydes is 1. The zero-order valence-electron chi connectivity index (χ0n) is 18.4. The molecule has 8 heteroatoms. The molecule has 1 aromatic carbocycles. The van der Waals surface area contributed by atoms with E-state index < -0.39 is 0 Å². The Morgan fingerprint density at radius 1 is 1.25 bits per heavy atom. The first-order valence-corrected chi connectivity index (χ1v) is 12.9. The molecule has 1 saturated heterocycles. The maximum absolute atomic E-state index is 12.5. The lowest BCUT2D eigenvalue weighted by Crippen LogP contribution is -2.42. The highest BCUT2D eigenvalue weighted by molar-refractivity contribution is 8.01. The van der Waals surface area contributed by atoms with Gasteiger partial charge in [-0.25, -0.2) is 4.98 Å². The van der Waals surface area contributed by atoms with E-state index in [0.29, 0.717) is 12.3 Å². The summed E-state index contributed by atoms with van der Waals surface area (Å²) in [6, 6.07) is 9.82. The Bertz CT molecular complexity index is 1090. The third-order valence-electron chi connectivity index (χ3n) is 6.36. The first-order chi connectivity index (χ1) is 15.6. The monoisotopic (exact) mass is 471 g/mol. The van der Waals surface area contributed by atoms with Gasteiger partial charge in [0.1, 0.15) is 12.0 Å². The Balaban J connectivity index is 1.32. The first-order valence-electron chi connectivity index (χ1n) is 11.0. The summed E-state index contributed by atoms with van der Waals surface area (Å²) in [5.41, 5.74) is 1.14. The van der Waals surface area contributed by atoms with E-state index in [9.17, 15) is 9.59 Å². The molecule has 0 atom stereocenters. The summed E-state index contributed by atoms with van der Waals surface area (Å²) in [7, 11) is 1.61. The van der Waals surface area contributed by atoms with E-state index in [1.807, 2.05) is 30.0 Å². The molecular formula is C24H29N3O3S2. The van der Waals surface area contributed by atoms with Crippen molar-refractivity contribution in [2.75, 3.05) is 32.5 Å². The predicted molar refractivity (Wildman–Crippen MR) is 131 cm³/mol. The van der Waals surface area contributed by atoms with Crippen LogP contribution in [-0.4, -0.2) is 53.2 Å². The third-order valence-corrected chi connectivity index (χ3v) is 8.47. The number of fused-ring (bicyclic) bond motifs is 1. The molecule has 0 bridgehead atoms. The van der Waals surface area contributed by atoms with E-state index in [1.165, 1.54) is 16.7 Å². The van der Waals surface area contributed by atoms with Crippen molar-refractivity contribution in [3.05, 3.63) is 52.3 Å². The summed E-state index contributed by atoms with van der Waals surface area (Å²) in [5.74, 6) is 1.78. The number of carbonyl (C=O) groups excluding carboxylic acids is 1. The van der Waals surface area contributed by atoms with Crippen LogP contribution in [0.25, 0.3) is 11.0 Å². The van der Waals surface area contributed by atoms with Gasteiger partial charge < -0.3 is 19.0 Å². The maximum atomic E-state index is 12.5. The van der Waals surface area contributed by atoms with Crippen LogP contribution < -0.4 is 10.3 Å². The Labute approximate surface area is 196 Å². The summed E-state index contributed by atoms with van der Waals surface area (Å²) >= 11 is 3.69. The van der Waals surface area contributed by atoms with Gasteiger partial charge in [0.15, 0.2) is 0 Å². The van der Waals surface area contributed by atoms with Crippen LogP contribution in [0.15, 0.2) is 50.9 Å². The highest BCUT2D eigenvalue weighted by atomic mass is 32.2. The van der Waals surface area contributed by atoms with Crippen molar-refractivity contribution < 1.29 is 9.53 Å². The zero-order chi connectivity index (χ0) is 22.4. The lowest BCUT2D eigenvalue weighted by Gasteiger charge is -2.38. The molecule has 0 radical (unpaired) electrons. The molecule has 1 fully saturated rings. The Morgan fingerprint density at radius 3 is 2.81 bits per heavy atom. The molecule has 0 unspecified atom stereocenters. The van der Waals surface area contributed by atoms with Gasteiger partial charge in [0, 0.05) is 30.3 Å². The molecule has 0 amide bonds. The molecule has 1 aliphatic heterocycles. The number of piperidine rings is 1. The lowest BCUT2D eigenvalue weighted by atomic mass is 9.76. The van der Waals surface area contributed by atoms with Crippen LogP contribution in [0.4, 0.5) is 0 Å². The molecule has 6 nitrogen and oxygen atoms in total. The molecule has 32 heavy (non-hydrogen) atoms. The molecule has 1 aliphatic rings. The number of aromatic nitrogens is 2. The minimum Gasteiger partial charge on any atom is -0.497 e. The van der Waals surface area contributed by atoms with Gasteiger partial charge in [-0.15, -0.1) is 23.1 Å². The summed E-state index contributed by atoms with van der Waals surface area (Å²) in [6.07, 6.45) is 5.90. The number of hydrogen-bond acceptors (Lipinski definition) is 7. The van der Waals surface area contributed by atoms with Gasteiger partial charge in [-0.3, -0.25) is 4.79 Å². The lowest BCUT2D eigenvalue weighted by molar-refractivity contribution is -0.119. The average molecular weight is 472 g/mol. The van der Waals surface area contributed by atoms with E-state index in [0.717, 1.165) is 62.1 Å². The summed E-state index contributed by atoms with van der Waals surface area (Å²) in [4.78, 5) is 31.2. The number of aryl methyl sites for hydroxylation is 1. The fourth-order valence-corrected chi connectivity index (χ4v) is 6.22. The number of thioether (sulfide) groups is 1. The van der Waals surface area contributed by atoms with E-state index in [-0.39, 0.29) is 11.0 Å². The number of ether oxygens (including phenoxy) is 1. The van der Waals surface area contributed by atoms with E-state index in [2.05, 4.69) is 27.4 Å². The number of nitrogens with zero attached hydrogens (tertiary/aromatic N) is 3. The molecule has 0 spiro atoms. The number of hydrogen-bond donors (Lipinski definition) is 0. The van der Waals surface area contributed by atoms with Crippen LogP contribution in [0, 0.1) is 5.41 Å².